The number of methoxy groups -OCH3 is 2. The Morgan fingerprint density at radius 3 is 2.40 bits per heavy atom. The largest absolute Gasteiger partial charge is 0.493 e. The van der Waals surface area contributed by atoms with Crippen LogP contribution in [-0.2, 0) is 11.2 Å². The summed E-state index contributed by atoms with van der Waals surface area (Å²) in [5.74, 6) is 1.06. The third-order valence-electron chi connectivity index (χ3n) is 4.13. The third kappa shape index (κ3) is 2.62. The maximum absolute atomic E-state index is 14.5. The molecule has 4 heteroatoms. The second-order valence-corrected chi connectivity index (χ2v) is 6.09. The van der Waals surface area contributed by atoms with Crippen LogP contribution in [0.5, 0.6) is 11.5 Å². The minimum Gasteiger partial charge on any atom is -0.493 e. The molecule has 1 aromatic carbocycles. The number of halogens is 1. The Bertz CT molecular complexity index is 488. The van der Waals surface area contributed by atoms with Gasteiger partial charge < -0.3 is 14.8 Å². The fourth-order valence-corrected chi connectivity index (χ4v) is 2.87. The summed E-state index contributed by atoms with van der Waals surface area (Å²) >= 11 is 0. The van der Waals surface area contributed by atoms with E-state index in [1.54, 1.807) is 28.1 Å². The van der Waals surface area contributed by atoms with Crippen molar-refractivity contribution in [1.29, 1.82) is 0 Å². The molecule has 2 rings (SSSR count). The van der Waals surface area contributed by atoms with Crippen LogP contribution < -0.4 is 14.8 Å². The van der Waals surface area contributed by atoms with Crippen LogP contribution in [0.2, 0.25) is 0 Å². The smallest absolute Gasteiger partial charge is 0.167 e. The van der Waals surface area contributed by atoms with Crippen molar-refractivity contribution in [3.05, 3.63) is 23.3 Å². The molecule has 1 N–H and O–H groups in total. The summed E-state index contributed by atoms with van der Waals surface area (Å²) in [4.78, 5) is 0. The lowest BCUT2D eigenvalue weighted by atomic mass is 9.86. The van der Waals surface area contributed by atoms with Gasteiger partial charge in [0.05, 0.1) is 14.2 Å². The van der Waals surface area contributed by atoms with Crippen LogP contribution in [-0.4, -0.2) is 20.8 Å². The lowest BCUT2D eigenvalue weighted by Crippen LogP contribution is -2.33. The summed E-state index contributed by atoms with van der Waals surface area (Å²) in [6.45, 7) is 6.21. The molecule has 0 saturated carbocycles. The predicted octanol–water partition coefficient (Wildman–Crippen LogP) is 3.51. The Morgan fingerprint density at radius 2 is 1.95 bits per heavy atom. The zero-order valence-corrected chi connectivity index (χ0v) is 13.0. The third-order valence-corrected chi connectivity index (χ3v) is 4.13. The van der Waals surface area contributed by atoms with Crippen LogP contribution in [0.25, 0.3) is 0 Å². The maximum atomic E-state index is 14.5. The number of nitrogens with one attached hydrogen (secondary N) is 1. The van der Waals surface area contributed by atoms with Gasteiger partial charge in [0.25, 0.3) is 0 Å². The molecule has 1 heterocycles. The van der Waals surface area contributed by atoms with E-state index in [0.717, 1.165) is 24.9 Å². The molecule has 1 fully saturated rings. The minimum atomic E-state index is -1.48. The Morgan fingerprint density at radius 1 is 1.25 bits per heavy atom. The van der Waals surface area contributed by atoms with E-state index in [-0.39, 0.29) is 5.54 Å². The second kappa shape index (κ2) is 5.24. The Kier molecular flexibility index (Phi) is 3.96. The Balaban J connectivity index is 2.61. The van der Waals surface area contributed by atoms with Crippen LogP contribution in [0.1, 0.15) is 44.7 Å². The number of hydrogen-bond acceptors (Lipinski definition) is 3. The fourth-order valence-electron chi connectivity index (χ4n) is 2.87. The van der Waals surface area contributed by atoms with Gasteiger partial charge in [0.1, 0.15) is 5.67 Å². The van der Waals surface area contributed by atoms with Gasteiger partial charge in [-0.15, -0.1) is 0 Å². The number of alkyl halides is 1. The molecule has 112 valence electrons. The highest BCUT2D eigenvalue weighted by molar-refractivity contribution is 5.53. The number of benzene rings is 1. The highest BCUT2D eigenvalue weighted by Crippen LogP contribution is 2.43. The van der Waals surface area contributed by atoms with E-state index in [1.165, 1.54) is 0 Å². The first-order valence-electron chi connectivity index (χ1n) is 7.03. The van der Waals surface area contributed by atoms with Gasteiger partial charge in [0, 0.05) is 11.1 Å². The molecule has 0 spiro atoms. The van der Waals surface area contributed by atoms with Crippen LogP contribution in [0.4, 0.5) is 4.39 Å². The summed E-state index contributed by atoms with van der Waals surface area (Å²) < 4.78 is 25.3. The average molecular weight is 281 g/mol. The van der Waals surface area contributed by atoms with Crippen molar-refractivity contribution >= 4 is 0 Å². The first kappa shape index (κ1) is 15.1. The lowest BCUT2D eigenvalue weighted by Gasteiger charge is -2.29. The molecule has 0 aromatic heterocycles. The molecule has 0 radical (unpaired) electrons. The Hall–Kier alpha value is -1.29. The molecule has 3 nitrogen and oxygen atoms in total. The first-order valence-corrected chi connectivity index (χ1v) is 7.03. The zero-order valence-electron chi connectivity index (χ0n) is 13.0. The molecule has 0 bridgehead atoms. The number of ether oxygens (including phenoxy) is 2. The van der Waals surface area contributed by atoms with Gasteiger partial charge >= 0.3 is 0 Å². The minimum absolute atomic E-state index is 0.125. The van der Waals surface area contributed by atoms with Crippen molar-refractivity contribution < 1.29 is 13.9 Å². The Labute approximate surface area is 120 Å². The van der Waals surface area contributed by atoms with Crippen molar-refractivity contribution in [2.24, 2.45) is 0 Å². The molecule has 0 amide bonds. The monoisotopic (exact) mass is 281 g/mol. The maximum Gasteiger partial charge on any atom is 0.167 e. The van der Waals surface area contributed by atoms with Gasteiger partial charge in [0.15, 0.2) is 11.5 Å². The van der Waals surface area contributed by atoms with Gasteiger partial charge in [-0.2, -0.15) is 0 Å². The number of rotatable bonds is 4. The normalized spacial score (nSPS) is 22.9. The van der Waals surface area contributed by atoms with Crippen molar-refractivity contribution in [1.82, 2.24) is 5.32 Å². The summed E-state index contributed by atoms with van der Waals surface area (Å²) in [6, 6.07) is 3.85. The van der Waals surface area contributed by atoms with Crippen molar-refractivity contribution in [3.8, 4) is 11.5 Å². The molecule has 0 aliphatic carbocycles. The van der Waals surface area contributed by atoms with E-state index in [0.29, 0.717) is 17.1 Å². The molecule has 1 atom stereocenters. The molecular weight excluding hydrogens is 257 g/mol. The van der Waals surface area contributed by atoms with Crippen LogP contribution >= 0.6 is 0 Å². The first-order chi connectivity index (χ1) is 9.31. The molecule has 1 aliphatic heterocycles. The summed E-state index contributed by atoms with van der Waals surface area (Å²) in [6.07, 6.45) is 2.16. The van der Waals surface area contributed by atoms with E-state index >= 15 is 0 Å². The molecule has 1 unspecified atom stereocenters. The van der Waals surface area contributed by atoms with E-state index in [1.807, 2.05) is 12.1 Å². The van der Waals surface area contributed by atoms with Crippen LogP contribution in [0.15, 0.2) is 12.1 Å². The topological polar surface area (TPSA) is 30.5 Å². The summed E-state index contributed by atoms with van der Waals surface area (Å²) in [5, 5.41) is 3.50. The molecule has 1 saturated heterocycles. The molecule has 1 aromatic rings. The van der Waals surface area contributed by atoms with Gasteiger partial charge in [-0.3, -0.25) is 0 Å². The van der Waals surface area contributed by atoms with E-state index in [9.17, 15) is 4.39 Å². The van der Waals surface area contributed by atoms with Gasteiger partial charge in [-0.1, -0.05) is 0 Å². The van der Waals surface area contributed by atoms with E-state index < -0.39 is 5.67 Å². The van der Waals surface area contributed by atoms with E-state index in [2.05, 4.69) is 12.2 Å². The van der Waals surface area contributed by atoms with Crippen molar-refractivity contribution in [2.75, 3.05) is 20.8 Å². The lowest BCUT2D eigenvalue weighted by molar-refractivity contribution is 0.210. The van der Waals surface area contributed by atoms with Crippen molar-refractivity contribution in [3.63, 3.8) is 0 Å². The zero-order chi connectivity index (χ0) is 15.0. The summed E-state index contributed by atoms with van der Waals surface area (Å²) in [5.41, 5.74) is -0.0268. The fraction of sp³-hybridized carbons (Fsp3) is 0.625. The molecule has 1 aliphatic rings. The molecular formula is C16H24FNO2. The SMILES string of the molecule is COc1cc(C2(C)CCCN2)cc(C(C)(C)F)c1OC. The second-order valence-electron chi connectivity index (χ2n) is 6.09. The molecule has 20 heavy (non-hydrogen) atoms. The highest BCUT2D eigenvalue weighted by atomic mass is 19.1. The van der Waals surface area contributed by atoms with Gasteiger partial charge in [-0.25, -0.2) is 4.39 Å². The predicted molar refractivity (Wildman–Crippen MR) is 78.3 cm³/mol. The van der Waals surface area contributed by atoms with E-state index in [4.69, 9.17) is 9.47 Å². The van der Waals surface area contributed by atoms with Crippen LogP contribution in [0.3, 0.4) is 0 Å². The highest BCUT2D eigenvalue weighted by Gasteiger charge is 2.34. The number of hydrogen-bond donors (Lipinski definition) is 1. The van der Waals surface area contributed by atoms with Crippen molar-refractivity contribution in [2.45, 2.75) is 44.8 Å². The average Bonchev–Trinajstić information content (AvgIpc) is 2.84. The van der Waals surface area contributed by atoms with Crippen LogP contribution in [0, 0.1) is 0 Å². The summed E-state index contributed by atoms with van der Waals surface area (Å²) in [7, 11) is 3.13. The standard InChI is InChI=1S/C16H24FNO2/c1-15(2,17)12-9-11(16(3)7-6-8-18-16)10-13(19-4)14(12)20-5/h9-10,18H,6-8H2,1-5H3. The van der Waals surface area contributed by atoms with Gasteiger partial charge in [-0.05, 0) is 57.9 Å². The quantitative estimate of drug-likeness (QED) is 0.916. The van der Waals surface area contributed by atoms with Gasteiger partial charge in [0.2, 0.25) is 0 Å².